The number of aromatic nitrogens is 2. The van der Waals surface area contributed by atoms with Crippen LogP contribution >= 0.6 is 11.6 Å². The van der Waals surface area contributed by atoms with Crippen molar-refractivity contribution < 1.29 is 9.32 Å². The Kier molecular flexibility index (Phi) is 5.07. The van der Waals surface area contributed by atoms with E-state index in [0.29, 0.717) is 40.0 Å². The molecule has 25 heavy (non-hydrogen) atoms. The predicted molar refractivity (Wildman–Crippen MR) is 92.9 cm³/mol. The molecule has 124 valence electrons. The van der Waals surface area contributed by atoms with Gasteiger partial charge in [-0.2, -0.15) is 10.2 Å². The summed E-state index contributed by atoms with van der Waals surface area (Å²) in [6.07, 6.45) is 0.488. The summed E-state index contributed by atoms with van der Waals surface area (Å²) in [7, 11) is 0. The number of carbonyl (C=O) groups is 1. The molecule has 0 atom stereocenters. The van der Waals surface area contributed by atoms with Gasteiger partial charge in [-0.05, 0) is 30.3 Å². The molecule has 0 aliphatic carbocycles. The zero-order valence-corrected chi connectivity index (χ0v) is 13.8. The minimum absolute atomic E-state index is 0.181. The van der Waals surface area contributed by atoms with Crippen LogP contribution in [-0.4, -0.2) is 16.0 Å². The second-order valence-electron chi connectivity index (χ2n) is 5.23. The first kappa shape index (κ1) is 16.7. The Morgan fingerprint density at radius 1 is 1.24 bits per heavy atom. The van der Waals surface area contributed by atoms with Gasteiger partial charge in [0.15, 0.2) is 0 Å². The van der Waals surface area contributed by atoms with Gasteiger partial charge in [-0.1, -0.05) is 35.0 Å². The third-order valence-electron chi connectivity index (χ3n) is 3.42. The van der Waals surface area contributed by atoms with Crippen molar-refractivity contribution >= 4 is 23.2 Å². The minimum Gasteiger partial charge on any atom is -0.339 e. The predicted octanol–water partition coefficient (Wildman–Crippen LogP) is 3.83. The lowest BCUT2D eigenvalue weighted by atomic mass is 10.2. The molecule has 0 aliphatic rings. The van der Waals surface area contributed by atoms with E-state index < -0.39 is 0 Å². The smallest absolute Gasteiger partial charge is 0.227 e. The van der Waals surface area contributed by atoms with Crippen LogP contribution in [0.15, 0.2) is 53.1 Å². The van der Waals surface area contributed by atoms with Gasteiger partial charge in [-0.25, -0.2) is 0 Å². The van der Waals surface area contributed by atoms with Gasteiger partial charge in [-0.3, -0.25) is 4.79 Å². The van der Waals surface area contributed by atoms with E-state index in [1.807, 2.05) is 18.2 Å². The molecule has 2 aromatic carbocycles. The maximum absolute atomic E-state index is 12.0. The van der Waals surface area contributed by atoms with Crippen LogP contribution in [0.1, 0.15) is 17.9 Å². The van der Waals surface area contributed by atoms with Gasteiger partial charge in [0.05, 0.1) is 16.7 Å². The summed E-state index contributed by atoms with van der Waals surface area (Å²) >= 11 is 6.10. The summed E-state index contributed by atoms with van der Waals surface area (Å²) in [5, 5.41) is 16.0. The van der Waals surface area contributed by atoms with E-state index in [0.717, 1.165) is 0 Å². The zero-order chi connectivity index (χ0) is 17.6. The Hall–Kier alpha value is -3.17. The van der Waals surface area contributed by atoms with Gasteiger partial charge in [0, 0.05) is 24.1 Å². The number of nitrogens with zero attached hydrogens (tertiary/aromatic N) is 3. The van der Waals surface area contributed by atoms with E-state index in [9.17, 15) is 4.79 Å². The van der Waals surface area contributed by atoms with Gasteiger partial charge in [-0.15, -0.1) is 0 Å². The molecule has 3 rings (SSSR count). The highest BCUT2D eigenvalue weighted by Gasteiger charge is 2.13. The van der Waals surface area contributed by atoms with Gasteiger partial charge in [0.1, 0.15) is 0 Å². The number of benzene rings is 2. The molecular weight excluding hydrogens is 340 g/mol. The fourth-order valence-electron chi connectivity index (χ4n) is 2.22. The molecule has 1 N–H and O–H groups in total. The van der Waals surface area contributed by atoms with Crippen LogP contribution in [0.3, 0.4) is 0 Å². The van der Waals surface area contributed by atoms with Gasteiger partial charge in [0.2, 0.25) is 17.6 Å². The molecule has 6 nitrogen and oxygen atoms in total. The molecule has 0 radical (unpaired) electrons. The third-order valence-corrected chi connectivity index (χ3v) is 3.75. The van der Waals surface area contributed by atoms with Crippen LogP contribution in [0.4, 0.5) is 5.69 Å². The number of anilines is 1. The van der Waals surface area contributed by atoms with Crippen molar-refractivity contribution in [3.05, 3.63) is 65.0 Å². The molecule has 3 aromatic rings. The molecule has 1 amide bonds. The number of nitriles is 1. The van der Waals surface area contributed by atoms with Gasteiger partial charge >= 0.3 is 0 Å². The number of hydrogen-bond acceptors (Lipinski definition) is 5. The molecule has 0 fully saturated rings. The number of carbonyl (C=O) groups excluding carboxylic acids is 1. The Balaban J connectivity index is 1.60. The van der Waals surface area contributed by atoms with Crippen LogP contribution in [0.5, 0.6) is 0 Å². The van der Waals surface area contributed by atoms with Crippen LogP contribution in [0, 0.1) is 11.3 Å². The topological polar surface area (TPSA) is 91.8 Å². The van der Waals surface area contributed by atoms with E-state index in [1.165, 1.54) is 0 Å². The second-order valence-corrected chi connectivity index (χ2v) is 5.64. The summed E-state index contributed by atoms with van der Waals surface area (Å²) in [5.74, 6) is 0.547. The maximum atomic E-state index is 12.0. The minimum atomic E-state index is -0.201. The number of aryl methyl sites for hydroxylation is 1. The molecule has 0 unspecified atom stereocenters. The largest absolute Gasteiger partial charge is 0.339 e. The van der Waals surface area contributed by atoms with E-state index >= 15 is 0 Å². The Morgan fingerprint density at radius 2 is 2.08 bits per heavy atom. The zero-order valence-electron chi connectivity index (χ0n) is 13.1. The SMILES string of the molecule is N#Cc1cccc(NC(=O)CCc2nc(-c3ccccc3Cl)no2)c1. The van der Waals surface area contributed by atoms with Crippen LogP contribution < -0.4 is 5.32 Å². The standard InChI is InChI=1S/C18H13ClN4O2/c19-15-7-2-1-6-14(15)18-22-17(25-23-18)9-8-16(24)21-13-5-3-4-12(10-13)11-20/h1-7,10H,8-9H2,(H,21,24). The van der Waals surface area contributed by atoms with Crippen molar-refractivity contribution in [2.75, 3.05) is 5.32 Å². The van der Waals surface area contributed by atoms with Gasteiger partial charge < -0.3 is 9.84 Å². The maximum Gasteiger partial charge on any atom is 0.227 e. The average molecular weight is 353 g/mol. The summed E-state index contributed by atoms with van der Waals surface area (Å²) in [6.45, 7) is 0. The molecular formula is C18H13ClN4O2. The fourth-order valence-corrected chi connectivity index (χ4v) is 2.44. The average Bonchev–Trinajstić information content (AvgIpc) is 3.09. The van der Waals surface area contributed by atoms with Crippen molar-refractivity contribution in [3.63, 3.8) is 0 Å². The Morgan fingerprint density at radius 3 is 2.88 bits per heavy atom. The summed E-state index contributed by atoms with van der Waals surface area (Å²) in [4.78, 5) is 16.3. The van der Waals surface area contributed by atoms with E-state index in [1.54, 1.807) is 36.4 Å². The molecule has 0 spiro atoms. The van der Waals surface area contributed by atoms with E-state index in [-0.39, 0.29) is 12.3 Å². The summed E-state index contributed by atoms with van der Waals surface area (Å²) in [5.41, 5.74) is 1.74. The lowest BCUT2D eigenvalue weighted by Gasteiger charge is -2.04. The highest BCUT2D eigenvalue weighted by atomic mass is 35.5. The first-order valence-electron chi connectivity index (χ1n) is 7.53. The van der Waals surface area contributed by atoms with Crippen molar-refractivity contribution in [1.82, 2.24) is 10.1 Å². The lowest BCUT2D eigenvalue weighted by Crippen LogP contribution is -2.12. The molecule has 7 heteroatoms. The second kappa shape index (κ2) is 7.60. The van der Waals surface area contributed by atoms with Crippen LogP contribution in [0.2, 0.25) is 5.02 Å². The first-order valence-corrected chi connectivity index (χ1v) is 7.91. The number of hydrogen-bond donors (Lipinski definition) is 1. The number of rotatable bonds is 5. The van der Waals surface area contributed by atoms with E-state index in [4.69, 9.17) is 21.4 Å². The summed E-state index contributed by atoms with van der Waals surface area (Å²) < 4.78 is 5.17. The number of halogens is 1. The highest BCUT2D eigenvalue weighted by molar-refractivity contribution is 6.33. The molecule has 0 aliphatic heterocycles. The Labute approximate surface area is 149 Å². The quantitative estimate of drug-likeness (QED) is 0.753. The van der Waals surface area contributed by atoms with Crippen LogP contribution in [-0.2, 0) is 11.2 Å². The fraction of sp³-hybridized carbons (Fsp3) is 0.111. The number of nitrogens with one attached hydrogen (secondary N) is 1. The monoisotopic (exact) mass is 352 g/mol. The van der Waals surface area contributed by atoms with Crippen molar-refractivity contribution in [3.8, 4) is 17.5 Å². The molecule has 0 bridgehead atoms. The summed E-state index contributed by atoms with van der Waals surface area (Å²) in [6, 6.07) is 15.9. The molecule has 1 heterocycles. The molecule has 0 saturated carbocycles. The molecule has 0 saturated heterocycles. The Bertz CT molecular complexity index is 946. The van der Waals surface area contributed by atoms with E-state index in [2.05, 4.69) is 15.5 Å². The molecule has 1 aromatic heterocycles. The van der Waals surface area contributed by atoms with Crippen molar-refractivity contribution in [2.24, 2.45) is 0 Å². The van der Waals surface area contributed by atoms with Gasteiger partial charge in [0.25, 0.3) is 0 Å². The lowest BCUT2D eigenvalue weighted by molar-refractivity contribution is -0.116. The van der Waals surface area contributed by atoms with Crippen molar-refractivity contribution in [2.45, 2.75) is 12.8 Å². The first-order chi connectivity index (χ1) is 12.2. The normalized spacial score (nSPS) is 10.2. The third kappa shape index (κ3) is 4.22. The number of amides is 1. The highest BCUT2D eigenvalue weighted by Crippen LogP contribution is 2.25. The van der Waals surface area contributed by atoms with Crippen molar-refractivity contribution in [1.29, 1.82) is 5.26 Å². The van der Waals surface area contributed by atoms with Crippen LogP contribution in [0.25, 0.3) is 11.4 Å².